The zero-order chi connectivity index (χ0) is 21.5. The molecule has 0 aliphatic rings. The van der Waals surface area contributed by atoms with Crippen LogP contribution in [0.4, 0.5) is 5.69 Å². The highest BCUT2D eigenvalue weighted by atomic mass is 16.5. The molecule has 0 spiro atoms. The van der Waals surface area contributed by atoms with Crippen LogP contribution >= 0.6 is 0 Å². The molecule has 1 atom stereocenters. The number of carbonyl (C=O) groups is 1. The standard InChI is InChI=1S/C24H26N2O4/c1-5-29-17(3)21-15-14-20(16(2)25-21)24(27)26-18-10-12-19(13-11-18)30-23-9-7-6-8-22(23)28-4/h6-15,17H,5H2,1-4H3,(H,26,27). The van der Waals surface area contributed by atoms with E-state index in [-0.39, 0.29) is 12.0 Å². The molecule has 1 heterocycles. The lowest BCUT2D eigenvalue weighted by Crippen LogP contribution is -2.15. The Balaban J connectivity index is 1.67. The van der Waals surface area contributed by atoms with Gasteiger partial charge in [0.2, 0.25) is 0 Å². The monoisotopic (exact) mass is 406 g/mol. The summed E-state index contributed by atoms with van der Waals surface area (Å²) < 4.78 is 16.7. The Morgan fingerprint density at radius 1 is 1.03 bits per heavy atom. The van der Waals surface area contributed by atoms with Crippen molar-refractivity contribution >= 4 is 11.6 Å². The Labute approximate surface area is 176 Å². The summed E-state index contributed by atoms with van der Waals surface area (Å²) in [5, 5.41) is 2.90. The van der Waals surface area contributed by atoms with Crippen LogP contribution in [0, 0.1) is 6.92 Å². The van der Waals surface area contributed by atoms with E-state index >= 15 is 0 Å². The molecule has 0 saturated carbocycles. The van der Waals surface area contributed by atoms with Crippen LogP contribution in [0.5, 0.6) is 17.2 Å². The maximum Gasteiger partial charge on any atom is 0.257 e. The van der Waals surface area contributed by atoms with Gasteiger partial charge in [0.15, 0.2) is 11.5 Å². The van der Waals surface area contributed by atoms with Gasteiger partial charge in [-0.15, -0.1) is 0 Å². The molecular formula is C24H26N2O4. The van der Waals surface area contributed by atoms with E-state index in [1.807, 2.05) is 51.1 Å². The molecule has 1 N–H and O–H groups in total. The lowest BCUT2D eigenvalue weighted by molar-refractivity contribution is 0.0732. The molecule has 1 aromatic heterocycles. The molecule has 1 amide bonds. The van der Waals surface area contributed by atoms with Gasteiger partial charge < -0.3 is 19.5 Å². The second kappa shape index (κ2) is 9.89. The molecule has 0 aliphatic carbocycles. The summed E-state index contributed by atoms with van der Waals surface area (Å²) in [4.78, 5) is 17.2. The van der Waals surface area contributed by atoms with E-state index in [0.29, 0.717) is 40.8 Å². The normalized spacial score (nSPS) is 11.6. The molecule has 0 aliphatic heterocycles. The van der Waals surface area contributed by atoms with Gasteiger partial charge >= 0.3 is 0 Å². The van der Waals surface area contributed by atoms with Crippen LogP contribution in [0.15, 0.2) is 60.7 Å². The lowest BCUT2D eigenvalue weighted by atomic mass is 10.1. The Bertz CT molecular complexity index is 1000. The maximum absolute atomic E-state index is 12.7. The van der Waals surface area contributed by atoms with E-state index in [9.17, 15) is 4.79 Å². The summed E-state index contributed by atoms with van der Waals surface area (Å²) in [5.41, 5.74) is 2.66. The number of anilines is 1. The van der Waals surface area contributed by atoms with Gasteiger partial charge in [-0.25, -0.2) is 0 Å². The topological polar surface area (TPSA) is 69.7 Å². The highest BCUT2D eigenvalue weighted by molar-refractivity contribution is 6.05. The first-order valence-corrected chi connectivity index (χ1v) is 9.83. The number of rotatable bonds is 8. The number of hydrogen-bond donors (Lipinski definition) is 1. The molecule has 6 nitrogen and oxygen atoms in total. The van der Waals surface area contributed by atoms with Crippen molar-refractivity contribution in [2.75, 3.05) is 19.0 Å². The summed E-state index contributed by atoms with van der Waals surface area (Å²) >= 11 is 0. The Morgan fingerprint density at radius 3 is 2.37 bits per heavy atom. The molecule has 3 aromatic rings. The van der Waals surface area contributed by atoms with Crippen LogP contribution in [0.1, 0.15) is 41.7 Å². The largest absolute Gasteiger partial charge is 0.493 e. The van der Waals surface area contributed by atoms with Crippen molar-refractivity contribution in [1.82, 2.24) is 4.98 Å². The number of methoxy groups -OCH3 is 1. The molecule has 6 heteroatoms. The summed E-state index contributed by atoms with van der Waals surface area (Å²) in [7, 11) is 1.60. The summed E-state index contributed by atoms with van der Waals surface area (Å²) in [6.07, 6.45) is -0.110. The molecule has 0 radical (unpaired) electrons. The van der Waals surface area contributed by atoms with Crippen LogP contribution in [0.25, 0.3) is 0 Å². The average Bonchev–Trinajstić information content (AvgIpc) is 2.75. The maximum atomic E-state index is 12.7. The van der Waals surface area contributed by atoms with Gasteiger partial charge in [-0.2, -0.15) is 0 Å². The summed E-state index contributed by atoms with van der Waals surface area (Å²) in [6, 6.07) is 18.2. The number of hydrogen-bond acceptors (Lipinski definition) is 5. The van der Waals surface area contributed by atoms with E-state index in [2.05, 4.69) is 10.3 Å². The van der Waals surface area contributed by atoms with Crippen LogP contribution in [0.2, 0.25) is 0 Å². The molecule has 3 rings (SSSR count). The fraction of sp³-hybridized carbons (Fsp3) is 0.250. The number of carbonyl (C=O) groups excluding carboxylic acids is 1. The van der Waals surface area contributed by atoms with Gasteiger partial charge in [0.25, 0.3) is 5.91 Å². The van der Waals surface area contributed by atoms with Gasteiger partial charge in [-0.1, -0.05) is 12.1 Å². The van der Waals surface area contributed by atoms with E-state index < -0.39 is 0 Å². The first kappa shape index (κ1) is 21.3. The van der Waals surface area contributed by atoms with Gasteiger partial charge in [-0.3, -0.25) is 9.78 Å². The third-order valence-electron chi connectivity index (χ3n) is 4.59. The predicted molar refractivity (Wildman–Crippen MR) is 116 cm³/mol. The van der Waals surface area contributed by atoms with Crippen molar-refractivity contribution in [2.24, 2.45) is 0 Å². The van der Waals surface area contributed by atoms with Crippen molar-refractivity contribution in [1.29, 1.82) is 0 Å². The molecular weight excluding hydrogens is 380 g/mol. The van der Waals surface area contributed by atoms with Crippen molar-refractivity contribution in [3.8, 4) is 17.2 Å². The zero-order valence-corrected chi connectivity index (χ0v) is 17.6. The van der Waals surface area contributed by atoms with Crippen molar-refractivity contribution in [3.05, 3.63) is 77.6 Å². The van der Waals surface area contributed by atoms with E-state index in [1.54, 1.807) is 37.4 Å². The van der Waals surface area contributed by atoms with Crippen LogP contribution in [0.3, 0.4) is 0 Å². The Morgan fingerprint density at radius 2 is 1.73 bits per heavy atom. The van der Waals surface area contributed by atoms with Gasteiger partial charge in [0.1, 0.15) is 5.75 Å². The molecule has 156 valence electrons. The molecule has 0 bridgehead atoms. The zero-order valence-electron chi connectivity index (χ0n) is 17.6. The third-order valence-corrected chi connectivity index (χ3v) is 4.59. The van der Waals surface area contributed by atoms with Gasteiger partial charge in [0.05, 0.1) is 30.2 Å². The number of aromatic nitrogens is 1. The Kier molecular flexibility index (Phi) is 7.03. The van der Waals surface area contributed by atoms with Crippen LogP contribution in [-0.2, 0) is 4.74 Å². The van der Waals surface area contributed by atoms with Crippen LogP contribution in [-0.4, -0.2) is 24.6 Å². The average molecular weight is 406 g/mol. The smallest absolute Gasteiger partial charge is 0.257 e. The number of nitrogens with one attached hydrogen (secondary N) is 1. The van der Waals surface area contributed by atoms with Crippen molar-refractivity contribution in [2.45, 2.75) is 26.9 Å². The minimum Gasteiger partial charge on any atom is -0.493 e. The minimum atomic E-state index is -0.214. The molecule has 0 fully saturated rings. The molecule has 2 aromatic carbocycles. The molecule has 1 unspecified atom stereocenters. The number of nitrogens with zero attached hydrogens (tertiary/aromatic N) is 1. The summed E-state index contributed by atoms with van der Waals surface area (Å²) in [6.45, 7) is 6.32. The number of para-hydroxylation sites is 2. The second-order valence-electron chi connectivity index (χ2n) is 6.70. The number of amides is 1. The number of ether oxygens (including phenoxy) is 3. The predicted octanol–water partition coefficient (Wildman–Crippen LogP) is 5.54. The number of pyridine rings is 1. The van der Waals surface area contributed by atoms with Gasteiger partial charge in [-0.05, 0) is 69.3 Å². The van der Waals surface area contributed by atoms with Crippen molar-refractivity contribution < 1.29 is 19.0 Å². The molecule has 0 saturated heterocycles. The van der Waals surface area contributed by atoms with Crippen LogP contribution < -0.4 is 14.8 Å². The van der Waals surface area contributed by atoms with Crippen molar-refractivity contribution in [3.63, 3.8) is 0 Å². The van der Waals surface area contributed by atoms with E-state index in [1.165, 1.54) is 0 Å². The molecule has 30 heavy (non-hydrogen) atoms. The lowest BCUT2D eigenvalue weighted by Gasteiger charge is -2.14. The van der Waals surface area contributed by atoms with Gasteiger partial charge in [0, 0.05) is 12.3 Å². The quantitative estimate of drug-likeness (QED) is 0.532. The Hall–Kier alpha value is -3.38. The summed E-state index contributed by atoms with van der Waals surface area (Å²) in [5.74, 6) is 1.71. The van der Waals surface area contributed by atoms with E-state index in [0.717, 1.165) is 5.69 Å². The highest BCUT2D eigenvalue weighted by Crippen LogP contribution is 2.31. The fourth-order valence-electron chi connectivity index (χ4n) is 3.02. The first-order valence-electron chi connectivity index (χ1n) is 9.83. The number of benzene rings is 2. The van der Waals surface area contributed by atoms with E-state index in [4.69, 9.17) is 14.2 Å². The fourth-order valence-corrected chi connectivity index (χ4v) is 3.02. The minimum absolute atomic E-state index is 0.110. The third kappa shape index (κ3) is 5.15. The highest BCUT2D eigenvalue weighted by Gasteiger charge is 2.14. The second-order valence-corrected chi connectivity index (χ2v) is 6.70. The SMILES string of the molecule is CCOC(C)c1ccc(C(=O)Nc2ccc(Oc3ccccc3OC)cc2)c(C)n1. The first-order chi connectivity index (χ1) is 14.5. The number of aryl methyl sites for hydroxylation is 1.